The van der Waals surface area contributed by atoms with Crippen molar-refractivity contribution in [2.45, 2.75) is 33.4 Å². The summed E-state index contributed by atoms with van der Waals surface area (Å²) in [4.78, 5) is 13.7. The van der Waals surface area contributed by atoms with Crippen LogP contribution >= 0.6 is 0 Å². The van der Waals surface area contributed by atoms with Crippen molar-refractivity contribution in [3.8, 4) is 0 Å². The SMILES string of the molecule is Cc1cc(C(C)NC(=O)N(C)Cc2ccco2)c(C)o1. The van der Waals surface area contributed by atoms with Gasteiger partial charge in [0, 0.05) is 12.6 Å². The monoisotopic (exact) mass is 276 g/mol. The second-order valence-electron chi connectivity index (χ2n) is 4.98. The van der Waals surface area contributed by atoms with Gasteiger partial charge in [-0.05, 0) is 39.0 Å². The topological polar surface area (TPSA) is 58.6 Å². The first-order valence-electron chi connectivity index (χ1n) is 6.58. The molecular weight excluding hydrogens is 256 g/mol. The van der Waals surface area contributed by atoms with Gasteiger partial charge < -0.3 is 19.1 Å². The van der Waals surface area contributed by atoms with Gasteiger partial charge >= 0.3 is 6.03 Å². The number of nitrogens with one attached hydrogen (secondary N) is 1. The normalized spacial score (nSPS) is 12.2. The van der Waals surface area contributed by atoms with Gasteiger partial charge in [0.25, 0.3) is 0 Å². The van der Waals surface area contributed by atoms with Crippen LogP contribution in [-0.2, 0) is 6.54 Å². The van der Waals surface area contributed by atoms with Gasteiger partial charge in [0.05, 0.1) is 18.8 Å². The summed E-state index contributed by atoms with van der Waals surface area (Å²) in [7, 11) is 1.73. The lowest BCUT2D eigenvalue weighted by molar-refractivity contribution is 0.199. The summed E-state index contributed by atoms with van der Waals surface area (Å²) in [5.41, 5.74) is 1.00. The first-order valence-corrected chi connectivity index (χ1v) is 6.58. The van der Waals surface area contributed by atoms with E-state index in [1.165, 1.54) is 0 Å². The van der Waals surface area contributed by atoms with E-state index in [4.69, 9.17) is 8.83 Å². The first-order chi connectivity index (χ1) is 9.47. The van der Waals surface area contributed by atoms with Crippen molar-refractivity contribution in [1.29, 1.82) is 0 Å². The highest BCUT2D eigenvalue weighted by Gasteiger charge is 2.17. The molecule has 1 N–H and O–H groups in total. The number of urea groups is 1. The molecule has 0 radical (unpaired) electrons. The van der Waals surface area contributed by atoms with Crippen molar-refractivity contribution in [1.82, 2.24) is 10.2 Å². The van der Waals surface area contributed by atoms with Gasteiger partial charge in [0.1, 0.15) is 17.3 Å². The van der Waals surface area contributed by atoms with Crippen LogP contribution in [0.5, 0.6) is 0 Å². The van der Waals surface area contributed by atoms with Gasteiger partial charge in [-0.3, -0.25) is 0 Å². The molecule has 2 rings (SSSR count). The number of amides is 2. The molecule has 0 aliphatic rings. The highest BCUT2D eigenvalue weighted by Crippen LogP contribution is 2.21. The second-order valence-corrected chi connectivity index (χ2v) is 4.98. The summed E-state index contributed by atoms with van der Waals surface area (Å²) >= 11 is 0. The zero-order chi connectivity index (χ0) is 14.7. The summed E-state index contributed by atoms with van der Waals surface area (Å²) in [6.07, 6.45) is 1.60. The van der Waals surface area contributed by atoms with E-state index in [0.29, 0.717) is 6.54 Å². The molecule has 0 aromatic carbocycles. The van der Waals surface area contributed by atoms with E-state index in [-0.39, 0.29) is 12.1 Å². The Morgan fingerprint density at radius 1 is 1.45 bits per heavy atom. The zero-order valence-electron chi connectivity index (χ0n) is 12.3. The third kappa shape index (κ3) is 3.23. The van der Waals surface area contributed by atoms with Crippen LogP contribution in [0.3, 0.4) is 0 Å². The Kier molecular flexibility index (Phi) is 4.17. The smallest absolute Gasteiger partial charge is 0.318 e. The predicted molar refractivity (Wildman–Crippen MR) is 75.3 cm³/mol. The van der Waals surface area contributed by atoms with Crippen molar-refractivity contribution in [2.75, 3.05) is 7.05 Å². The predicted octanol–water partition coefficient (Wildman–Crippen LogP) is 3.39. The maximum atomic E-state index is 12.1. The molecule has 2 aromatic heterocycles. The molecule has 5 nitrogen and oxygen atoms in total. The van der Waals surface area contributed by atoms with Crippen LogP contribution in [0, 0.1) is 13.8 Å². The van der Waals surface area contributed by atoms with Gasteiger partial charge in [0.2, 0.25) is 0 Å². The van der Waals surface area contributed by atoms with Crippen molar-refractivity contribution in [2.24, 2.45) is 0 Å². The highest BCUT2D eigenvalue weighted by atomic mass is 16.3. The Labute approximate surface area is 118 Å². The van der Waals surface area contributed by atoms with E-state index in [1.54, 1.807) is 24.3 Å². The Morgan fingerprint density at radius 3 is 2.75 bits per heavy atom. The average molecular weight is 276 g/mol. The van der Waals surface area contributed by atoms with Crippen molar-refractivity contribution in [3.05, 3.63) is 47.3 Å². The van der Waals surface area contributed by atoms with Crippen LogP contribution < -0.4 is 5.32 Å². The molecule has 2 heterocycles. The quantitative estimate of drug-likeness (QED) is 0.931. The van der Waals surface area contributed by atoms with Gasteiger partial charge in [0.15, 0.2) is 0 Å². The number of carbonyl (C=O) groups excluding carboxylic acids is 1. The Hall–Kier alpha value is -2.17. The molecule has 1 unspecified atom stereocenters. The van der Waals surface area contributed by atoms with Crippen LogP contribution in [0.1, 0.15) is 35.8 Å². The molecule has 108 valence electrons. The Balaban J connectivity index is 1.95. The van der Waals surface area contributed by atoms with E-state index in [0.717, 1.165) is 22.8 Å². The minimum atomic E-state index is -0.146. The maximum absolute atomic E-state index is 12.1. The zero-order valence-corrected chi connectivity index (χ0v) is 12.3. The van der Waals surface area contributed by atoms with Crippen molar-refractivity contribution >= 4 is 6.03 Å². The Bertz CT molecular complexity index is 572. The van der Waals surface area contributed by atoms with E-state index in [1.807, 2.05) is 32.9 Å². The fraction of sp³-hybridized carbons (Fsp3) is 0.400. The van der Waals surface area contributed by atoms with Crippen molar-refractivity contribution in [3.63, 3.8) is 0 Å². The van der Waals surface area contributed by atoms with Crippen LogP contribution in [0.25, 0.3) is 0 Å². The fourth-order valence-corrected chi connectivity index (χ4v) is 2.16. The number of aryl methyl sites for hydroxylation is 2. The minimum Gasteiger partial charge on any atom is -0.467 e. The summed E-state index contributed by atoms with van der Waals surface area (Å²) in [6, 6.07) is 5.36. The lowest BCUT2D eigenvalue weighted by atomic mass is 10.1. The molecule has 0 aliphatic carbocycles. The Morgan fingerprint density at radius 2 is 2.20 bits per heavy atom. The highest BCUT2D eigenvalue weighted by molar-refractivity contribution is 5.74. The average Bonchev–Trinajstić information content (AvgIpc) is 2.98. The van der Waals surface area contributed by atoms with Gasteiger partial charge in [-0.1, -0.05) is 0 Å². The number of nitrogens with zero attached hydrogens (tertiary/aromatic N) is 1. The van der Waals surface area contributed by atoms with Crippen LogP contribution in [0.4, 0.5) is 4.79 Å². The molecule has 2 aromatic rings. The molecule has 1 atom stereocenters. The van der Waals surface area contributed by atoms with Gasteiger partial charge in [-0.2, -0.15) is 0 Å². The third-order valence-corrected chi connectivity index (χ3v) is 3.21. The number of hydrogen-bond acceptors (Lipinski definition) is 3. The van der Waals surface area contributed by atoms with Crippen LogP contribution in [-0.4, -0.2) is 18.0 Å². The third-order valence-electron chi connectivity index (χ3n) is 3.21. The molecular formula is C15H20N2O3. The van der Waals surface area contributed by atoms with E-state index >= 15 is 0 Å². The van der Waals surface area contributed by atoms with E-state index < -0.39 is 0 Å². The fourth-order valence-electron chi connectivity index (χ4n) is 2.16. The lowest BCUT2D eigenvalue weighted by Gasteiger charge is -2.20. The molecule has 0 spiro atoms. The lowest BCUT2D eigenvalue weighted by Crippen LogP contribution is -2.38. The maximum Gasteiger partial charge on any atom is 0.318 e. The number of rotatable bonds is 4. The standard InChI is InChI=1S/C15H20N2O3/c1-10-8-14(12(3)20-10)11(2)16-15(18)17(4)9-13-6-5-7-19-13/h5-8,11H,9H2,1-4H3,(H,16,18). The largest absolute Gasteiger partial charge is 0.467 e. The molecule has 0 saturated heterocycles. The summed E-state index contributed by atoms with van der Waals surface area (Å²) in [6.45, 7) is 6.18. The summed E-state index contributed by atoms with van der Waals surface area (Å²) < 4.78 is 10.7. The van der Waals surface area contributed by atoms with Gasteiger partial charge in [-0.15, -0.1) is 0 Å². The van der Waals surface area contributed by atoms with Gasteiger partial charge in [-0.25, -0.2) is 4.79 Å². The number of hydrogen-bond donors (Lipinski definition) is 1. The summed E-state index contributed by atoms with van der Waals surface area (Å²) in [5, 5.41) is 2.95. The summed E-state index contributed by atoms with van der Waals surface area (Å²) in [5.74, 6) is 2.44. The molecule has 20 heavy (non-hydrogen) atoms. The number of carbonyl (C=O) groups is 1. The molecule has 0 fully saturated rings. The molecule has 0 saturated carbocycles. The minimum absolute atomic E-state index is 0.0981. The molecule has 5 heteroatoms. The second kappa shape index (κ2) is 5.86. The molecule has 2 amide bonds. The van der Waals surface area contributed by atoms with Crippen LogP contribution in [0.15, 0.2) is 33.3 Å². The number of furan rings is 2. The van der Waals surface area contributed by atoms with Crippen LogP contribution in [0.2, 0.25) is 0 Å². The molecule has 0 aliphatic heterocycles. The van der Waals surface area contributed by atoms with Crippen molar-refractivity contribution < 1.29 is 13.6 Å². The molecule has 0 bridgehead atoms. The van der Waals surface area contributed by atoms with E-state index in [2.05, 4.69) is 5.32 Å². The first kappa shape index (κ1) is 14.2. The van der Waals surface area contributed by atoms with E-state index in [9.17, 15) is 4.79 Å².